The number of benzene rings is 1. The van der Waals surface area contributed by atoms with Crippen LogP contribution in [0.25, 0.3) is 11.0 Å². The summed E-state index contributed by atoms with van der Waals surface area (Å²) in [6.45, 7) is 2.77. The molecule has 13 nitrogen and oxygen atoms in total. The molecule has 2 saturated heterocycles. The number of nitrogens with two attached hydrogens (primary N) is 1. The summed E-state index contributed by atoms with van der Waals surface area (Å²) in [4.78, 5) is 37.8. The average Bonchev–Trinajstić information content (AvgIpc) is 3.65. The van der Waals surface area contributed by atoms with E-state index in [1.165, 1.54) is 15.9 Å². The highest BCUT2D eigenvalue weighted by Gasteiger charge is 2.48. The molecule has 2 amide bonds. The predicted octanol–water partition coefficient (Wildman–Crippen LogP) is 0.995. The number of nitrogens with zero attached hydrogens (tertiary/aromatic N) is 7. The molecule has 0 bridgehead atoms. The van der Waals surface area contributed by atoms with Crippen LogP contribution >= 0.6 is 0 Å². The fourth-order valence-corrected chi connectivity index (χ4v) is 6.17. The van der Waals surface area contributed by atoms with Gasteiger partial charge in [0.2, 0.25) is 0 Å². The summed E-state index contributed by atoms with van der Waals surface area (Å²) < 4.78 is 41.6. The molecule has 5 heterocycles. The molecular formula is C25H27F2N9O4. The van der Waals surface area contributed by atoms with Crippen LogP contribution in [-0.4, -0.2) is 86.8 Å². The van der Waals surface area contributed by atoms with Crippen molar-refractivity contribution < 1.29 is 27.8 Å². The van der Waals surface area contributed by atoms with Gasteiger partial charge in [0.1, 0.15) is 5.60 Å². The Kier molecular flexibility index (Phi) is 5.82. The molecule has 3 N–H and O–H groups in total. The number of hydrogen-bond donors (Lipinski definition) is 2. The van der Waals surface area contributed by atoms with Crippen LogP contribution in [0.3, 0.4) is 0 Å². The van der Waals surface area contributed by atoms with Gasteiger partial charge in [-0.25, -0.2) is 23.5 Å². The second-order valence-corrected chi connectivity index (χ2v) is 10.8. The van der Waals surface area contributed by atoms with Crippen molar-refractivity contribution in [3.63, 3.8) is 0 Å². The lowest BCUT2D eigenvalue weighted by Gasteiger charge is -2.38. The predicted molar refractivity (Wildman–Crippen MR) is 136 cm³/mol. The second-order valence-electron chi connectivity index (χ2n) is 10.8. The van der Waals surface area contributed by atoms with Crippen molar-refractivity contribution >= 4 is 34.7 Å². The van der Waals surface area contributed by atoms with E-state index in [0.29, 0.717) is 63.0 Å². The molecule has 40 heavy (non-hydrogen) atoms. The lowest BCUT2D eigenvalue weighted by molar-refractivity contribution is -0.118. The zero-order valence-electron chi connectivity index (χ0n) is 21.5. The van der Waals surface area contributed by atoms with E-state index in [2.05, 4.69) is 30.4 Å². The maximum Gasteiger partial charge on any atom is 0.416 e. The molecule has 3 aromatic rings. The molecular weight excluding hydrogens is 528 g/mol. The maximum atomic E-state index is 15.3. The van der Waals surface area contributed by atoms with Gasteiger partial charge < -0.3 is 25.4 Å². The van der Waals surface area contributed by atoms with Crippen molar-refractivity contribution in [2.45, 2.75) is 37.8 Å². The van der Waals surface area contributed by atoms with Gasteiger partial charge in [-0.05, 0) is 29.9 Å². The number of aromatic nitrogens is 5. The molecule has 2 fully saturated rings. The zero-order chi connectivity index (χ0) is 27.6. The third kappa shape index (κ3) is 4.11. The summed E-state index contributed by atoms with van der Waals surface area (Å²) in [6.07, 6.45) is 2.99. The van der Waals surface area contributed by atoms with Crippen molar-refractivity contribution in [2.75, 3.05) is 49.5 Å². The summed E-state index contributed by atoms with van der Waals surface area (Å²) >= 11 is 0. The Bertz CT molecular complexity index is 1490. The van der Waals surface area contributed by atoms with Crippen LogP contribution in [-0.2, 0) is 28.9 Å². The van der Waals surface area contributed by atoms with E-state index in [1.54, 1.807) is 0 Å². The largest absolute Gasteiger partial charge is 0.465 e. The Morgan fingerprint density at radius 2 is 1.80 bits per heavy atom. The smallest absolute Gasteiger partial charge is 0.416 e. The molecule has 1 spiro atoms. The molecule has 210 valence electrons. The minimum Gasteiger partial charge on any atom is -0.465 e. The summed E-state index contributed by atoms with van der Waals surface area (Å²) in [5.41, 5.74) is 5.54. The number of fused-ring (bicyclic) bond motifs is 3. The van der Waals surface area contributed by atoms with Crippen molar-refractivity contribution in [3.8, 4) is 5.88 Å². The normalized spacial score (nSPS) is 20.5. The van der Waals surface area contributed by atoms with Crippen LogP contribution in [0.15, 0.2) is 6.20 Å². The SMILES string of the molecule is NCCn1nc2c(F)c3c(c(F)c2n1)CC(CN1CCC2(CC1)CN(c1cnc4c(n1)NC(=O)CO4)C(=O)O2)C3. The van der Waals surface area contributed by atoms with Crippen LogP contribution in [0, 0.1) is 17.6 Å². The molecule has 3 aliphatic heterocycles. The first kappa shape index (κ1) is 25.0. The lowest BCUT2D eigenvalue weighted by Crippen LogP contribution is -2.48. The van der Waals surface area contributed by atoms with Crippen molar-refractivity contribution in [1.82, 2.24) is 29.9 Å². The van der Waals surface area contributed by atoms with Crippen molar-refractivity contribution in [1.29, 1.82) is 0 Å². The minimum absolute atomic E-state index is 0.0450. The van der Waals surface area contributed by atoms with E-state index in [9.17, 15) is 9.59 Å². The quantitative estimate of drug-likeness (QED) is 0.466. The third-order valence-corrected chi connectivity index (χ3v) is 8.13. The fraction of sp³-hybridized carbons (Fsp3) is 0.520. The molecule has 0 atom stereocenters. The van der Waals surface area contributed by atoms with Crippen LogP contribution in [0.5, 0.6) is 5.88 Å². The third-order valence-electron chi connectivity index (χ3n) is 8.13. The van der Waals surface area contributed by atoms with E-state index in [1.807, 2.05) is 0 Å². The molecule has 0 unspecified atom stereocenters. The highest BCUT2D eigenvalue weighted by atomic mass is 19.1. The number of carbonyl (C=O) groups excluding carboxylic acids is 2. The monoisotopic (exact) mass is 555 g/mol. The first-order chi connectivity index (χ1) is 19.3. The molecule has 0 radical (unpaired) electrons. The van der Waals surface area contributed by atoms with Gasteiger partial charge in [-0.1, -0.05) is 0 Å². The zero-order valence-corrected chi connectivity index (χ0v) is 21.5. The van der Waals surface area contributed by atoms with Gasteiger partial charge >= 0.3 is 6.09 Å². The number of rotatable bonds is 5. The topological polar surface area (TPSA) is 154 Å². The van der Waals surface area contributed by atoms with E-state index in [0.717, 1.165) is 0 Å². The maximum absolute atomic E-state index is 15.3. The number of halogens is 2. The summed E-state index contributed by atoms with van der Waals surface area (Å²) in [6, 6.07) is 0. The fourth-order valence-electron chi connectivity index (χ4n) is 6.17. The van der Waals surface area contributed by atoms with Crippen LogP contribution in [0.2, 0.25) is 0 Å². The lowest BCUT2D eigenvalue weighted by atomic mass is 9.90. The molecule has 15 heteroatoms. The Labute approximate surface area is 226 Å². The number of nitrogens with one attached hydrogen (secondary N) is 1. The minimum atomic E-state index is -0.666. The summed E-state index contributed by atoms with van der Waals surface area (Å²) in [5, 5.41) is 10.8. The first-order valence-electron chi connectivity index (χ1n) is 13.3. The number of ether oxygens (including phenoxy) is 2. The average molecular weight is 556 g/mol. The summed E-state index contributed by atoms with van der Waals surface area (Å²) in [5.74, 6) is -0.628. The highest BCUT2D eigenvalue weighted by molar-refractivity contribution is 5.94. The molecule has 2 aromatic heterocycles. The van der Waals surface area contributed by atoms with Gasteiger partial charge in [-0.2, -0.15) is 15.0 Å². The number of amides is 2. The van der Waals surface area contributed by atoms with Crippen molar-refractivity contribution in [2.24, 2.45) is 11.7 Å². The van der Waals surface area contributed by atoms with Crippen LogP contribution in [0.4, 0.5) is 25.2 Å². The number of piperidine rings is 1. The Hall–Kier alpha value is -3.98. The van der Waals surface area contributed by atoms with Gasteiger partial charge in [-0.15, -0.1) is 0 Å². The van der Waals surface area contributed by atoms with Gasteiger partial charge in [-0.3, -0.25) is 9.69 Å². The van der Waals surface area contributed by atoms with E-state index in [-0.39, 0.29) is 60.1 Å². The molecule has 4 aliphatic rings. The number of likely N-dealkylation sites (tertiary alicyclic amines) is 1. The van der Waals surface area contributed by atoms with E-state index in [4.69, 9.17) is 15.2 Å². The first-order valence-corrected chi connectivity index (χ1v) is 13.3. The molecule has 7 rings (SSSR count). The summed E-state index contributed by atoms with van der Waals surface area (Å²) in [7, 11) is 0. The van der Waals surface area contributed by atoms with Crippen LogP contribution in [0.1, 0.15) is 24.0 Å². The number of hydrogen-bond acceptors (Lipinski definition) is 10. The van der Waals surface area contributed by atoms with Crippen LogP contribution < -0.4 is 20.7 Å². The van der Waals surface area contributed by atoms with Gasteiger partial charge in [0, 0.05) is 39.0 Å². The van der Waals surface area contributed by atoms with E-state index >= 15 is 8.78 Å². The van der Waals surface area contributed by atoms with E-state index < -0.39 is 23.3 Å². The van der Waals surface area contributed by atoms with Gasteiger partial charge in [0.25, 0.3) is 11.8 Å². The highest BCUT2D eigenvalue weighted by Crippen LogP contribution is 2.39. The Morgan fingerprint density at radius 3 is 2.48 bits per heavy atom. The Balaban J connectivity index is 0.995. The number of anilines is 2. The van der Waals surface area contributed by atoms with Gasteiger partial charge in [0.15, 0.2) is 40.9 Å². The molecule has 1 aliphatic carbocycles. The molecule has 0 saturated carbocycles. The standard InChI is InChI=1S/C25H27F2N9O4/c26-18-14-7-13(8-15(14)19(27)21-20(18)32-36(33-21)6-3-28)10-34-4-1-25(2-5-34)12-35(24(38)40-25)16-9-29-23-22(30-16)31-17(37)11-39-23/h9,13H,1-8,10-12,28H2,(H,30,31,37). The van der Waals surface area contributed by atoms with Crippen molar-refractivity contribution in [3.05, 3.63) is 29.0 Å². The Morgan fingerprint density at radius 1 is 1.10 bits per heavy atom. The van der Waals surface area contributed by atoms with Gasteiger partial charge in [0.05, 0.1) is 19.3 Å². The number of carbonyl (C=O) groups is 2. The second kappa shape index (κ2) is 9.30. The molecule has 1 aromatic carbocycles.